The number of likely N-dealkylation sites (N-methyl/N-ethyl adjacent to an activating group) is 1. The van der Waals surface area contributed by atoms with Crippen LogP contribution < -0.4 is 60.6 Å². The standard InChI is InChI=1S/C72H123N13O23/c1-15-34(4)27-48-70(104)84(13)50(21-22-54(74)91)52(89)30-46(61(107-14)63(77)97)66(100)80-49(31-55(75)92)71(105)85-24-17-16-20-51(85)72(106)108-42(12)45(65(99)83-57(41(11)87)68(102)79-47(19-18-23-73)67(101)81-48)29-53(90)56(37(7)38(8)62(76)96)82-69(103)60(95)59(94)44(40(10)86)28-43(88)32-78-64(98)39(9)58(93)36(6)26-35(5)25-33(2)3/h33-42,44-51,56-61,86-87,93-95H,15-32,73H2,1-14H3,(H2,74,91)(H2,75,92)(H2,76,96)(H2,77,97)(H,78,98)(H,79,102)(H,80,100)(H,81,101)(H,82,103)(H,83,99). The number of aliphatic hydroxyl groups excluding tert-OH is 5. The van der Waals surface area contributed by atoms with Crippen LogP contribution in [0, 0.1) is 59.2 Å². The molecule has 0 aromatic heterocycles. The van der Waals surface area contributed by atoms with Gasteiger partial charge < -0.3 is 105 Å². The number of ketones is 3. The van der Waals surface area contributed by atoms with E-state index in [4.69, 9.17) is 38.1 Å². The van der Waals surface area contributed by atoms with Crippen LogP contribution in [0.3, 0.4) is 0 Å². The van der Waals surface area contributed by atoms with Crippen LogP contribution in [0.1, 0.15) is 179 Å². The van der Waals surface area contributed by atoms with E-state index < -0.39 is 260 Å². The molecule has 0 spiro atoms. The van der Waals surface area contributed by atoms with E-state index in [2.05, 4.69) is 45.7 Å². The first-order valence-corrected chi connectivity index (χ1v) is 37.2. The quantitative estimate of drug-likeness (QED) is 0.0265. The molecule has 108 heavy (non-hydrogen) atoms. The second kappa shape index (κ2) is 45.7. The predicted octanol–water partition coefficient (Wildman–Crippen LogP) is -3.83. The highest BCUT2D eigenvalue weighted by atomic mass is 16.5. The van der Waals surface area contributed by atoms with Crippen LogP contribution in [-0.2, 0) is 86.2 Å². The number of methoxy groups -OCH3 is 1. The first kappa shape index (κ1) is 95.9. The van der Waals surface area contributed by atoms with Gasteiger partial charge in [-0.05, 0) is 115 Å². The number of rotatable bonds is 37. The van der Waals surface area contributed by atoms with Gasteiger partial charge in [-0.3, -0.25) is 71.9 Å². The van der Waals surface area contributed by atoms with Crippen molar-refractivity contribution in [1.82, 2.24) is 41.7 Å². The van der Waals surface area contributed by atoms with Gasteiger partial charge in [-0.25, -0.2) is 4.79 Å². The van der Waals surface area contributed by atoms with Crippen LogP contribution in [-0.4, -0.2) is 248 Å². The van der Waals surface area contributed by atoms with Gasteiger partial charge in [-0.1, -0.05) is 68.7 Å². The van der Waals surface area contributed by atoms with E-state index >= 15 is 9.59 Å². The normalized spacial score (nSPS) is 25.4. The Hall–Kier alpha value is -8.16. The number of hydrogen-bond donors (Lipinski definition) is 16. The molecular weight excluding hydrogens is 1410 g/mol. The van der Waals surface area contributed by atoms with Gasteiger partial charge in [0.2, 0.25) is 65.0 Å². The van der Waals surface area contributed by atoms with Crippen LogP contribution in [0.4, 0.5) is 0 Å². The molecule has 0 aliphatic carbocycles. The SMILES string of the molecule is CCC(C)CC1NC(=O)C(CCCN)NC(=O)C(C(C)O)NC(=O)C(CC(=O)C(NC(=O)C(O)C(O)C(CC(=O)CNC(=O)C(C)C(O)C(C)CC(C)CC(C)C)C(C)O)C(C)C(C)C(N)=O)C(C)OC(=O)C2CCCCN2C(=O)C(CC(N)=O)NC(=O)C(C(OC)C(N)=O)CC(=O)C(CCC(N)=O)N(C)C1=O. The fourth-order valence-electron chi connectivity index (χ4n) is 13.7. The van der Waals surface area contributed by atoms with Gasteiger partial charge in [0.1, 0.15) is 42.4 Å². The van der Waals surface area contributed by atoms with Crippen LogP contribution in [0.2, 0.25) is 0 Å². The van der Waals surface area contributed by atoms with Crippen molar-refractivity contribution in [3.63, 3.8) is 0 Å². The maximum absolute atomic E-state index is 15.2. The molecule has 12 amide bonds. The summed E-state index contributed by atoms with van der Waals surface area (Å²) in [4.78, 5) is 228. The molecule has 0 radical (unpaired) electrons. The second-order valence-electron chi connectivity index (χ2n) is 30.1. The van der Waals surface area contributed by atoms with Crippen molar-refractivity contribution < 1.29 is 112 Å². The number of ether oxygens (including phenoxy) is 2. The largest absolute Gasteiger partial charge is 0.460 e. The van der Waals surface area contributed by atoms with E-state index in [1.165, 1.54) is 20.8 Å². The summed E-state index contributed by atoms with van der Waals surface area (Å²) in [7, 11) is 2.11. The van der Waals surface area contributed by atoms with Crippen molar-refractivity contribution in [3.8, 4) is 0 Å². The minimum atomic E-state index is -2.59. The molecule has 21 N–H and O–H groups in total. The number of hydrogen-bond acceptors (Lipinski definition) is 24. The van der Waals surface area contributed by atoms with E-state index in [0.717, 1.165) is 51.1 Å². The lowest BCUT2D eigenvalue weighted by molar-refractivity contribution is -0.165. The van der Waals surface area contributed by atoms with Crippen molar-refractivity contribution in [3.05, 3.63) is 0 Å². The lowest BCUT2D eigenvalue weighted by Gasteiger charge is -2.37. The second-order valence-corrected chi connectivity index (χ2v) is 30.1. The molecule has 2 fully saturated rings. The average Bonchev–Trinajstić information content (AvgIpc) is 0.845. The van der Waals surface area contributed by atoms with E-state index in [1.807, 2.05) is 6.92 Å². The number of esters is 1. The molecule has 0 saturated carbocycles. The minimum absolute atomic E-state index is 0.0212. The number of cyclic esters (lactones) is 1. The van der Waals surface area contributed by atoms with Gasteiger partial charge in [0.25, 0.3) is 5.91 Å². The molecule has 2 heterocycles. The molecule has 2 aliphatic heterocycles. The van der Waals surface area contributed by atoms with E-state index in [9.17, 15) is 92.7 Å². The highest BCUT2D eigenvalue weighted by Gasteiger charge is 2.47. The summed E-state index contributed by atoms with van der Waals surface area (Å²) in [6.07, 6.45) is -16.6. The van der Waals surface area contributed by atoms with Crippen LogP contribution in [0.15, 0.2) is 0 Å². The topological polar surface area (TPSA) is 601 Å². The number of primary amides is 4. The number of nitrogens with one attached hydrogen (secondary N) is 6. The molecule has 0 aromatic carbocycles. The van der Waals surface area contributed by atoms with Crippen molar-refractivity contribution in [2.75, 3.05) is 33.8 Å². The molecule has 36 heteroatoms. The fraction of sp³-hybridized carbons (Fsp3) is 0.778. The number of carbonyl (C=O) groups excluding carboxylic acids is 16. The molecule has 0 bridgehead atoms. The molecule has 36 nitrogen and oxygen atoms in total. The van der Waals surface area contributed by atoms with Gasteiger partial charge >= 0.3 is 5.97 Å². The van der Waals surface area contributed by atoms with Crippen LogP contribution >= 0.6 is 0 Å². The molecule has 23 unspecified atom stereocenters. The zero-order valence-electron chi connectivity index (χ0n) is 65.0. The number of fused-ring (bicyclic) bond motifs is 1. The molecule has 2 rings (SSSR count). The summed E-state index contributed by atoms with van der Waals surface area (Å²) in [6, 6.07) is -12.6. The Labute approximate surface area is 631 Å². The summed E-state index contributed by atoms with van der Waals surface area (Å²) in [5, 5.41) is 70.9. The zero-order valence-corrected chi connectivity index (χ0v) is 65.0. The number of carbonyl (C=O) groups is 16. The minimum Gasteiger partial charge on any atom is -0.460 e. The number of piperidine rings is 1. The van der Waals surface area contributed by atoms with E-state index in [-0.39, 0.29) is 69.4 Å². The smallest absolute Gasteiger partial charge is 0.329 e. The summed E-state index contributed by atoms with van der Waals surface area (Å²) in [6.45, 7) is 17.8. The molecule has 614 valence electrons. The Kier molecular flexibility index (Phi) is 40.6. The molecule has 2 saturated heterocycles. The maximum atomic E-state index is 15.2. The van der Waals surface area contributed by atoms with Gasteiger partial charge in [0.05, 0.1) is 67.2 Å². The highest BCUT2D eigenvalue weighted by Crippen LogP contribution is 2.30. The third-order valence-corrected chi connectivity index (χ3v) is 20.7. The first-order valence-electron chi connectivity index (χ1n) is 37.2. The third kappa shape index (κ3) is 29.3. The van der Waals surface area contributed by atoms with Gasteiger partial charge in [-0.15, -0.1) is 0 Å². The summed E-state index contributed by atoms with van der Waals surface area (Å²) in [5.74, 6) is -27.4. The highest BCUT2D eigenvalue weighted by molar-refractivity contribution is 6.01. The number of amides is 12. The van der Waals surface area contributed by atoms with Gasteiger partial charge in [0, 0.05) is 58.2 Å². The van der Waals surface area contributed by atoms with Crippen molar-refractivity contribution in [2.24, 2.45) is 87.8 Å². The van der Waals surface area contributed by atoms with Crippen molar-refractivity contribution in [1.29, 1.82) is 0 Å². The Balaban J connectivity index is 2.97. The van der Waals surface area contributed by atoms with Crippen LogP contribution in [0.5, 0.6) is 0 Å². The summed E-state index contributed by atoms with van der Waals surface area (Å²) >= 11 is 0. The van der Waals surface area contributed by atoms with E-state index in [0.29, 0.717) is 18.8 Å². The zero-order chi connectivity index (χ0) is 82.6. The van der Waals surface area contributed by atoms with Gasteiger partial charge in [-0.2, -0.15) is 0 Å². The maximum Gasteiger partial charge on any atom is 0.329 e. The number of nitrogens with two attached hydrogens (primary N) is 5. The first-order chi connectivity index (χ1) is 50.3. The van der Waals surface area contributed by atoms with Crippen molar-refractivity contribution in [2.45, 2.75) is 264 Å². The average molecular weight is 1540 g/mol. The van der Waals surface area contributed by atoms with Gasteiger partial charge in [0.15, 0.2) is 23.5 Å². The lowest BCUT2D eigenvalue weighted by Crippen LogP contribution is -2.60. The number of aliphatic hydroxyl groups is 5. The summed E-state index contributed by atoms with van der Waals surface area (Å²) < 4.78 is 11.3. The number of Topliss-reactive ketones (excluding diaryl/α,β-unsaturated/α-hetero) is 3. The summed E-state index contributed by atoms with van der Waals surface area (Å²) in [5.41, 5.74) is 28.5. The molecule has 0 aromatic rings. The number of nitrogens with zero attached hydrogens (tertiary/aromatic N) is 2. The lowest BCUT2D eigenvalue weighted by atomic mass is 9.82. The Morgan fingerprint density at radius 2 is 1.30 bits per heavy atom. The fourth-order valence-corrected chi connectivity index (χ4v) is 13.7. The third-order valence-electron chi connectivity index (χ3n) is 20.7. The molecule has 2 aliphatic rings. The molecular formula is C72H123N13O23. The van der Waals surface area contributed by atoms with Crippen LogP contribution in [0.25, 0.3) is 0 Å². The predicted molar refractivity (Wildman–Crippen MR) is 389 cm³/mol. The monoisotopic (exact) mass is 1540 g/mol. The Bertz CT molecular complexity index is 3120. The Morgan fingerprint density at radius 1 is 0.685 bits per heavy atom. The Morgan fingerprint density at radius 3 is 1.83 bits per heavy atom. The van der Waals surface area contributed by atoms with E-state index in [1.54, 1.807) is 20.8 Å². The molecule has 23 atom stereocenters. The van der Waals surface area contributed by atoms with Crippen molar-refractivity contribution >= 4 is 94.2 Å².